The second kappa shape index (κ2) is 6.01. The van der Waals surface area contributed by atoms with Crippen molar-refractivity contribution in [3.63, 3.8) is 0 Å². The van der Waals surface area contributed by atoms with Gasteiger partial charge in [0.25, 0.3) is 0 Å². The number of fused-ring (bicyclic) bond motifs is 2. The Morgan fingerprint density at radius 3 is 2.96 bits per heavy atom. The van der Waals surface area contributed by atoms with Crippen molar-refractivity contribution in [1.29, 1.82) is 0 Å². The third kappa shape index (κ3) is 2.56. The summed E-state index contributed by atoms with van der Waals surface area (Å²) in [6.07, 6.45) is 8.29. The average molecular weight is 370 g/mol. The molecule has 1 saturated carbocycles. The maximum absolute atomic E-state index is 4.70. The monoisotopic (exact) mass is 370 g/mol. The molecule has 6 rings (SSSR count). The zero-order valence-electron chi connectivity index (χ0n) is 15.7. The van der Waals surface area contributed by atoms with Crippen LogP contribution in [-0.4, -0.2) is 46.7 Å². The Kier molecular flexibility index (Phi) is 3.43. The molecule has 1 saturated heterocycles. The Balaban J connectivity index is 1.45. The Morgan fingerprint density at radius 2 is 2.04 bits per heavy atom. The van der Waals surface area contributed by atoms with Crippen LogP contribution in [0.2, 0.25) is 0 Å². The minimum Gasteiger partial charge on any atom is -0.366 e. The molecule has 0 radical (unpaired) electrons. The lowest BCUT2D eigenvalue weighted by Gasteiger charge is -2.35. The molecule has 2 N–H and O–H groups in total. The maximum Gasteiger partial charge on any atom is 0.140 e. The molecule has 4 heterocycles. The van der Waals surface area contributed by atoms with Gasteiger partial charge in [0.05, 0.1) is 5.52 Å². The van der Waals surface area contributed by atoms with Crippen LogP contribution in [0.1, 0.15) is 24.0 Å². The average Bonchev–Trinajstić information content (AvgIpc) is 3.50. The first kappa shape index (κ1) is 16.0. The van der Waals surface area contributed by atoms with Gasteiger partial charge >= 0.3 is 0 Å². The maximum atomic E-state index is 4.70. The Hall–Kier alpha value is -2.99. The quantitative estimate of drug-likeness (QED) is 0.723. The number of hydrogen-bond donors (Lipinski definition) is 2. The SMILES string of the molecule is C1=C(c2ccc3ncnc(N4CCNC5(CC5)C4)c3c2)c2cccnc2NC1. The molecule has 28 heavy (non-hydrogen) atoms. The van der Waals surface area contributed by atoms with Crippen LogP contribution in [0.5, 0.6) is 0 Å². The second-order valence-electron chi connectivity index (χ2n) is 7.96. The van der Waals surface area contributed by atoms with Gasteiger partial charge in [-0.05, 0) is 48.2 Å². The van der Waals surface area contributed by atoms with Gasteiger partial charge in [-0.3, -0.25) is 0 Å². The van der Waals surface area contributed by atoms with Crippen molar-refractivity contribution < 1.29 is 0 Å². The van der Waals surface area contributed by atoms with Gasteiger partial charge in [0.15, 0.2) is 0 Å². The van der Waals surface area contributed by atoms with Crippen molar-refractivity contribution in [1.82, 2.24) is 20.3 Å². The van der Waals surface area contributed by atoms with E-state index >= 15 is 0 Å². The van der Waals surface area contributed by atoms with E-state index in [1.165, 1.54) is 24.0 Å². The van der Waals surface area contributed by atoms with Gasteiger partial charge in [-0.1, -0.05) is 12.1 Å². The van der Waals surface area contributed by atoms with Crippen LogP contribution < -0.4 is 15.5 Å². The lowest BCUT2D eigenvalue weighted by molar-refractivity contribution is 0.441. The zero-order chi connectivity index (χ0) is 18.6. The number of rotatable bonds is 2. The first-order valence-electron chi connectivity index (χ1n) is 9.96. The highest BCUT2D eigenvalue weighted by Crippen LogP contribution is 2.40. The smallest absolute Gasteiger partial charge is 0.140 e. The molecule has 2 fully saturated rings. The summed E-state index contributed by atoms with van der Waals surface area (Å²) in [4.78, 5) is 16.1. The largest absolute Gasteiger partial charge is 0.366 e. The molecule has 6 nitrogen and oxygen atoms in total. The summed E-state index contributed by atoms with van der Waals surface area (Å²) in [5.74, 6) is 2.00. The van der Waals surface area contributed by atoms with Gasteiger partial charge < -0.3 is 15.5 Å². The van der Waals surface area contributed by atoms with Crippen LogP contribution in [-0.2, 0) is 0 Å². The summed E-state index contributed by atoms with van der Waals surface area (Å²) in [5, 5.41) is 8.16. The highest BCUT2D eigenvalue weighted by atomic mass is 15.3. The minimum atomic E-state index is 0.315. The fraction of sp³-hybridized carbons (Fsp3) is 0.318. The molecule has 0 atom stereocenters. The second-order valence-corrected chi connectivity index (χ2v) is 7.96. The number of piperazine rings is 1. The summed E-state index contributed by atoms with van der Waals surface area (Å²) in [6, 6.07) is 10.6. The molecule has 1 aromatic carbocycles. The molecule has 0 bridgehead atoms. The van der Waals surface area contributed by atoms with Crippen LogP contribution in [0.3, 0.4) is 0 Å². The van der Waals surface area contributed by atoms with Gasteiger partial charge in [-0.15, -0.1) is 0 Å². The standard InChI is InChI=1S/C22H22N6/c1-2-17-16(5-9-24-20(17)23-8-1)15-3-4-19-18(12-15)21(26-14-25-19)28-11-10-27-22(13-28)6-7-22/h1-5,8,12,14,27H,6-7,9-11,13H2,(H,23,24). The molecule has 1 spiro atoms. The van der Waals surface area contributed by atoms with Crippen LogP contribution in [0.25, 0.3) is 16.5 Å². The topological polar surface area (TPSA) is 66.0 Å². The predicted octanol–water partition coefficient (Wildman–Crippen LogP) is 2.82. The molecule has 0 amide bonds. The molecule has 2 aliphatic heterocycles. The Bertz CT molecular complexity index is 1100. The van der Waals surface area contributed by atoms with E-state index in [-0.39, 0.29) is 0 Å². The summed E-state index contributed by atoms with van der Waals surface area (Å²) in [6.45, 7) is 3.82. The van der Waals surface area contributed by atoms with E-state index in [4.69, 9.17) is 4.98 Å². The van der Waals surface area contributed by atoms with Crippen molar-refractivity contribution in [2.24, 2.45) is 0 Å². The number of nitrogens with zero attached hydrogens (tertiary/aromatic N) is 4. The molecular weight excluding hydrogens is 348 g/mol. The summed E-state index contributed by atoms with van der Waals surface area (Å²) in [5.41, 5.74) is 4.87. The molecule has 6 heteroatoms. The molecule has 2 aromatic heterocycles. The summed E-state index contributed by atoms with van der Waals surface area (Å²) >= 11 is 0. The lowest BCUT2D eigenvalue weighted by Crippen LogP contribution is -2.52. The fourth-order valence-electron chi connectivity index (χ4n) is 4.48. The first-order chi connectivity index (χ1) is 13.8. The Morgan fingerprint density at radius 1 is 1.07 bits per heavy atom. The molecule has 3 aliphatic rings. The molecular formula is C22H22N6. The summed E-state index contributed by atoms with van der Waals surface area (Å²) < 4.78 is 0. The zero-order valence-corrected chi connectivity index (χ0v) is 15.7. The van der Waals surface area contributed by atoms with E-state index in [2.05, 4.69) is 55.8 Å². The number of anilines is 2. The molecule has 140 valence electrons. The third-order valence-corrected chi connectivity index (χ3v) is 6.13. The minimum absolute atomic E-state index is 0.315. The van der Waals surface area contributed by atoms with E-state index in [1.807, 2.05) is 12.3 Å². The van der Waals surface area contributed by atoms with Crippen LogP contribution in [0.4, 0.5) is 11.6 Å². The van der Waals surface area contributed by atoms with Gasteiger partial charge in [0.1, 0.15) is 18.0 Å². The number of hydrogen-bond acceptors (Lipinski definition) is 6. The predicted molar refractivity (Wildman–Crippen MR) is 112 cm³/mol. The molecule has 0 unspecified atom stereocenters. The van der Waals surface area contributed by atoms with E-state index in [0.717, 1.165) is 54.3 Å². The van der Waals surface area contributed by atoms with Crippen molar-refractivity contribution in [2.75, 3.05) is 36.4 Å². The van der Waals surface area contributed by atoms with Crippen molar-refractivity contribution in [3.8, 4) is 0 Å². The molecule has 3 aromatic rings. The van der Waals surface area contributed by atoms with E-state index in [1.54, 1.807) is 6.33 Å². The number of nitrogens with one attached hydrogen (secondary N) is 2. The van der Waals surface area contributed by atoms with Crippen molar-refractivity contribution in [2.45, 2.75) is 18.4 Å². The number of pyridine rings is 1. The van der Waals surface area contributed by atoms with Gasteiger partial charge in [-0.2, -0.15) is 0 Å². The third-order valence-electron chi connectivity index (χ3n) is 6.13. The van der Waals surface area contributed by atoms with Crippen molar-refractivity contribution >= 4 is 28.1 Å². The lowest BCUT2D eigenvalue weighted by atomic mass is 9.95. The highest BCUT2D eigenvalue weighted by Gasteiger charge is 2.45. The van der Waals surface area contributed by atoms with E-state index in [0.29, 0.717) is 5.54 Å². The number of aromatic nitrogens is 3. The van der Waals surface area contributed by atoms with E-state index < -0.39 is 0 Å². The van der Waals surface area contributed by atoms with Crippen molar-refractivity contribution in [3.05, 3.63) is 60.1 Å². The fourth-order valence-corrected chi connectivity index (χ4v) is 4.48. The van der Waals surface area contributed by atoms with Crippen LogP contribution in [0, 0.1) is 0 Å². The van der Waals surface area contributed by atoms with Crippen LogP contribution >= 0.6 is 0 Å². The first-order valence-corrected chi connectivity index (χ1v) is 9.96. The molecule has 1 aliphatic carbocycles. The summed E-state index contributed by atoms with van der Waals surface area (Å²) in [7, 11) is 0. The van der Waals surface area contributed by atoms with Gasteiger partial charge in [0.2, 0.25) is 0 Å². The van der Waals surface area contributed by atoms with Gasteiger partial charge in [-0.25, -0.2) is 15.0 Å². The number of benzene rings is 1. The van der Waals surface area contributed by atoms with E-state index in [9.17, 15) is 0 Å². The Labute approximate surface area is 163 Å². The highest BCUT2D eigenvalue weighted by molar-refractivity contribution is 5.95. The van der Waals surface area contributed by atoms with Crippen LogP contribution in [0.15, 0.2) is 48.9 Å². The van der Waals surface area contributed by atoms with Gasteiger partial charge in [0, 0.05) is 48.9 Å². The normalized spacial score (nSPS) is 19.9.